The second kappa shape index (κ2) is 7.03. The van der Waals surface area contributed by atoms with Crippen molar-refractivity contribution in [3.8, 4) is 0 Å². The number of amides is 1. The first-order valence-corrected chi connectivity index (χ1v) is 6.78. The zero-order valence-electron chi connectivity index (χ0n) is 12.9. The summed E-state index contributed by atoms with van der Waals surface area (Å²) in [6, 6.07) is 4.28. The van der Waals surface area contributed by atoms with Gasteiger partial charge in [0.25, 0.3) is 11.6 Å². The first-order valence-electron chi connectivity index (χ1n) is 6.78. The predicted molar refractivity (Wildman–Crippen MR) is 82.2 cm³/mol. The van der Waals surface area contributed by atoms with Gasteiger partial charge in [0.2, 0.25) is 0 Å². The molecule has 7 heteroatoms. The van der Waals surface area contributed by atoms with Gasteiger partial charge in [-0.3, -0.25) is 14.9 Å². The average molecular weight is 294 g/mol. The van der Waals surface area contributed by atoms with Crippen molar-refractivity contribution >= 4 is 17.3 Å². The number of rotatable bonds is 6. The Hall–Kier alpha value is -2.15. The number of carbonyl (C=O) groups excluding carboxylic acids is 1. The third-order valence-electron chi connectivity index (χ3n) is 3.27. The largest absolute Gasteiger partial charge is 0.393 e. The number of carbonyl (C=O) groups is 1. The normalized spacial score (nSPS) is 12.2. The van der Waals surface area contributed by atoms with E-state index in [9.17, 15) is 14.9 Å². The van der Waals surface area contributed by atoms with Crippen molar-refractivity contribution in [3.63, 3.8) is 0 Å². The Balaban J connectivity index is 3.11. The number of anilines is 1. The van der Waals surface area contributed by atoms with Crippen LogP contribution in [0.5, 0.6) is 0 Å². The molecule has 1 aromatic rings. The lowest BCUT2D eigenvalue weighted by Crippen LogP contribution is -2.43. The van der Waals surface area contributed by atoms with Crippen LogP contribution in [0.2, 0.25) is 0 Å². The predicted octanol–water partition coefficient (Wildman–Crippen LogP) is 1.59. The summed E-state index contributed by atoms with van der Waals surface area (Å²) >= 11 is 0. The molecule has 0 aliphatic heterocycles. The van der Waals surface area contributed by atoms with Crippen LogP contribution in [0.1, 0.15) is 24.2 Å². The van der Waals surface area contributed by atoms with Crippen LogP contribution in [-0.2, 0) is 0 Å². The number of hydrogen-bond acceptors (Lipinski definition) is 5. The van der Waals surface area contributed by atoms with Crippen LogP contribution in [-0.4, -0.2) is 53.9 Å². The molecule has 0 spiro atoms. The summed E-state index contributed by atoms with van der Waals surface area (Å²) in [6.07, 6.45) is 0. The van der Waals surface area contributed by atoms with Crippen LogP contribution in [0.15, 0.2) is 18.2 Å². The number of nitro benzene ring substituents is 1. The van der Waals surface area contributed by atoms with Gasteiger partial charge in [0.05, 0.1) is 10.5 Å². The molecule has 0 fully saturated rings. The second-order valence-corrected chi connectivity index (χ2v) is 5.20. The van der Waals surface area contributed by atoms with Crippen LogP contribution >= 0.6 is 0 Å². The summed E-state index contributed by atoms with van der Waals surface area (Å²) in [5.74, 6) is -0.284. The van der Waals surface area contributed by atoms with Gasteiger partial charge >= 0.3 is 0 Å². The van der Waals surface area contributed by atoms with E-state index in [0.717, 1.165) is 0 Å². The van der Waals surface area contributed by atoms with E-state index in [-0.39, 0.29) is 28.9 Å². The standard InChI is InChI=1S/C14H22N4O3/c1-5-17(10(2)9-16(3)4)14(19)11-7-6-8-12(13(11)15)18(20)21/h6-8,10H,5,9,15H2,1-4H3. The topological polar surface area (TPSA) is 92.7 Å². The number of nitrogen functional groups attached to an aromatic ring is 1. The van der Waals surface area contributed by atoms with Crippen molar-refractivity contribution in [3.05, 3.63) is 33.9 Å². The Morgan fingerprint density at radius 1 is 1.43 bits per heavy atom. The molecule has 2 N–H and O–H groups in total. The van der Waals surface area contributed by atoms with Crippen LogP contribution in [0.3, 0.4) is 0 Å². The van der Waals surface area contributed by atoms with Gasteiger partial charge in [-0.2, -0.15) is 0 Å². The maximum Gasteiger partial charge on any atom is 0.292 e. The number of hydrogen-bond donors (Lipinski definition) is 1. The van der Waals surface area contributed by atoms with E-state index in [1.54, 1.807) is 4.90 Å². The fourth-order valence-electron chi connectivity index (χ4n) is 2.34. The van der Waals surface area contributed by atoms with Crippen molar-refractivity contribution in [1.29, 1.82) is 0 Å². The third kappa shape index (κ3) is 3.91. The highest BCUT2D eigenvalue weighted by Crippen LogP contribution is 2.26. The number of nitrogens with two attached hydrogens (primary N) is 1. The van der Waals surface area contributed by atoms with E-state index in [1.807, 2.05) is 32.8 Å². The van der Waals surface area contributed by atoms with Gasteiger partial charge in [-0.1, -0.05) is 6.07 Å². The van der Waals surface area contributed by atoms with Gasteiger partial charge in [0.1, 0.15) is 5.69 Å². The summed E-state index contributed by atoms with van der Waals surface area (Å²) in [5, 5.41) is 10.9. The molecular formula is C14H22N4O3. The summed E-state index contributed by atoms with van der Waals surface area (Å²) in [7, 11) is 3.85. The summed E-state index contributed by atoms with van der Waals surface area (Å²) in [4.78, 5) is 26.6. The first-order chi connectivity index (χ1) is 9.79. The minimum Gasteiger partial charge on any atom is -0.393 e. The first kappa shape index (κ1) is 16.9. The summed E-state index contributed by atoms with van der Waals surface area (Å²) in [5.41, 5.74) is 5.64. The highest BCUT2D eigenvalue weighted by Gasteiger charge is 2.25. The SMILES string of the molecule is CCN(C(=O)c1cccc([N+](=O)[O-])c1N)C(C)CN(C)C. The van der Waals surface area contributed by atoms with Crippen molar-refractivity contribution in [1.82, 2.24) is 9.80 Å². The van der Waals surface area contributed by atoms with Crippen LogP contribution in [0.4, 0.5) is 11.4 Å². The van der Waals surface area contributed by atoms with E-state index in [2.05, 4.69) is 0 Å². The molecule has 0 bridgehead atoms. The molecule has 1 amide bonds. The Morgan fingerprint density at radius 2 is 2.05 bits per heavy atom. The van der Waals surface area contributed by atoms with E-state index in [4.69, 9.17) is 5.73 Å². The molecule has 0 aliphatic carbocycles. The monoisotopic (exact) mass is 294 g/mol. The zero-order chi connectivity index (χ0) is 16.2. The molecular weight excluding hydrogens is 272 g/mol. The lowest BCUT2D eigenvalue weighted by atomic mass is 10.1. The highest BCUT2D eigenvalue weighted by molar-refractivity contribution is 6.01. The van der Waals surface area contributed by atoms with Crippen LogP contribution in [0, 0.1) is 10.1 Å². The number of nitro groups is 1. The molecule has 0 saturated carbocycles. The Morgan fingerprint density at radius 3 is 2.52 bits per heavy atom. The van der Waals surface area contributed by atoms with Gasteiger partial charge in [-0.05, 0) is 34.0 Å². The van der Waals surface area contributed by atoms with Crippen LogP contribution in [0.25, 0.3) is 0 Å². The molecule has 1 aromatic carbocycles. The third-order valence-corrected chi connectivity index (χ3v) is 3.27. The molecule has 1 rings (SSSR count). The van der Waals surface area contributed by atoms with Gasteiger partial charge < -0.3 is 15.5 Å². The fraction of sp³-hybridized carbons (Fsp3) is 0.500. The number of nitrogens with zero attached hydrogens (tertiary/aromatic N) is 3. The molecule has 0 radical (unpaired) electrons. The van der Waals surface area contributed by atoms with Gasteiger partial charge in [0, 0.05) is 25.2 Å². The quantitative estimate of drug-likeness (QED) is 0.488. The minimum absolute atomic E-state index is 0.0174. The number of benzene rings is 1. The van der Waals surface area contributed by atoms with E-state index in [1.165, 1.54) is 18.2 Å². The van der Waals surface area contributed by atoms with Crippen molar-refractivity contribution in [2.45, 2.75) is 19.9 Å². The number of likely N-dealkylation sites (N-methyl/N-ethyl adjacent to an activating group) is 2. The van der Waals surface area contributed by atoms with Gasteiger partial charge in [-0.25, -0.2) is 0 Å². The zero-order valence-corrected chi connectivity index (χ0v) is 12.9. The Labute approximate surface area is 124 Å². The molecule has 0 saturated heterocycles. The Kier molecular flexibility index (Phi) is 5.66. The molecule has 7 nitrogen and oxygen atoms in total. The van der Waals surface area contributed by atoms with Crippen LogP contribution < -0.4 is 5.73 Å². The summed E-state index contributed by atoms with van der Waals surface area (Å²) < 4.78 is 0. The Bertz CT molecular complexity index is 531. The minimum atomic E-state index is -0.578. The molecule has 21 heavy (non-hydrogen) atoms. The van der Waals surface area contributed by atoms with Crippen molar-refractivity contribution in [2.75, 3.05) is 32.9 Å². The van der Waals surface area contributed by atoms with Gasteiger partial charge in [-0.15, -0.1) is 0 Å². The molecule has 1 unspecified atom stereocenters. The highest BCUT2D eigenvalue weighted by atomic mass is 16.6. The molecule has 1 atom stereocenters. The lowest BCUT2D eigenvalue weighted by molar-refractivity contribution is -0.383. The summed E-state index contributed by atoms with van der Waals surface area (Å²) in [6.45, 7) is 5.02. The van der Waals surface area contributed by atoms with Crippen molar-refractivity contribution < 1.29 is 9.72 Å². The van der Waals surface area contributed by atoms with Crippen molar-refractivity contribution in [2.24, 2.45) is 0 Å². The second-order valence-electron chi connectivity index (χ2n) is 5.20. The van der Waals surface area contributed by atoms with Gasteiger partial charge in [0.15, 0.2) is 0 Å². The lowest BCUT2D eigenvalue weighted by Gasteiger charge is -2.30. The van der Waals surface area contributed by atoms with E-state index < -0.39 is 4.92 Å². The fourth-order valence-corrected chi connectivity index (χ4v) is 2.34. The molecule has 116 valence electrons. The number of para-hydroxylation sites is 1. The molecule has 0 aliphatic rings. The maximum absolute atomic E-state index is 12.6. The molecule has 0 heterocycles. The van der Waals surface area contributed by atoms with E-state index >= 15 is 0 Å². The maximum atomic E-state index is 12.6. The smallest absolute Gasteiger partial charge is 0.292 e. The molecule has 0 aromatic heterocycles. The van der Waals surface area contributed by atoms with E-state index in [0.29, 0.717) is 13.1 Å². The average Bonchev–Trinajstić information content (AvgIpc) is 2.38.